The Labute approximate surface area is 107 Å². The van der Waals surface area contributed by atoms with Gasteiger partial charge in [-0.15, -0.1) is 0 Å². The van der Waals surface area contributed by atoms with E-state index in [-0.39, 0.29) is 17.8 Å². The number of hydrogen-bond donors (Lipinski definition) is 2. The van der Waals surface area contributed by atoms with E-state index < -0.39 is 5.97 Å². The number of aliphatic carboxylic acids is 1. The quantitative estimate of drug-likeness (QED) is 0.812. The standard InChI is InChI=1S/C13H18ClNO2/c1-13(2,3)9(7-12(16)17)8-4-5-10(14)11(15)6-8/h4-6,9H,7,15H2,1-3H3,(H,16,17). The molecule has 0 aliphatic heterocycles. The second kappa shape index (κ2) is 4.96. The summed E-state index contributed by atoms with van der Waals surface area (Å²) in [5.41, 5.74) is 7.02. The highest BCUT2D eigenvalue weighted by Crippen LogP contribution is 2.39. The Hall–Kier alpha value is -1.22. The number of carbonyl (C=O) groups is 1. The van der Waals surface area contributed by atoms with Crippen LogP contribution in [-0.2, 0) is 4.79 Å². The van der Waals surface area contributed by atoms with E-state index in [4.69, 9.17) is 22.4 Å². The summed E-state index contributed by atoms with van der Waals surface area (Å²) in [5, 5.41) is 9.47. The molecule has 3 nitrogen and oxygen atoms in total. The van der Waals surface area contributed by atoms with Crippen molar-refractivity contribution in [3.05, 3.63) is 28.8 Å². The molecule has 4 heteroatoms. The van der Waals surface area contributed by atoms with Gasteiger partial charge in [-0.25, -0.2) is 0 Å². The van der Waals surface area contributed by atoms with Crippen LogP contribution >= 0.6 is 11.6 Å². The van der Waals surface area contributed by atoms with Crippen molar-refractivity contribution in [3.63, 3.8) is 0 Å². The summed E-state index contributed by atoms with van der Waals surface area (Å²) in [6, 6.07) is 5.32. The number of nitrogens with two attached hydrogens (primary N) is 1. The first-order valence-corrected chi connectivity index (χ1v) is 5.86. The van der Waals surface area contributed by atoms with Gasteiger partial charge in [0.05, 0.1) is 17.1 Å². The molecule has 0 fully saturated rings. The van der Waals surface area contributed by atoms with Crippen LogP contribution in [0.3, 0.4) is 0 Å². The van der Waals surface area contributed by atoms with E-state index in [1.54, 1.807) is 12.1 Å². The highest BCUT2D eigenvalue weighted by molar-refractivity contribution is 6.33. The topological polar surface area (TPSA) is 63.3 Å². The molecule has 0 saturated carbocycles. The second-order valence-corrected chi connectivity index (χ2v) is 5.70. The van der Waals surface area contributed by atoms with Crippen molar-refractivity contribution >= 4 is 23.3 Å². The van der Waals surface area contributed by atoms with Gasteiger partial charge in [0.25, 0.3) is 0 Å². The molecular weight excluding hydrogens is 238 g/mol. The highest BCUT2D eigenvalue weighted by Gasteiger charge is 2.28. The molecule has 0 spiro atoms. The van der Waals surface area contributed by atoms with Crippen molar-refractivity contribution in [1.29, 1.82) is 0 Å². The fourth-order valence-electron chi connectivity index (χ4n) is 1.88. The molecule has 0 aromatic heterocycles. The zero-order valence-electron chi connectivity index (χ0n) is 10.3. The first-order chi connectivity index (χ1) is 7.71. The average Bonchev–Trinajstić information content (AvgIpc) is 2.17. The SMILES string of the molecule is CC(C)(C)C(CC(=O)O)c1ccc(Cl)c(N)c1. The van der Waals surface area contributed by atoms with Gasteiger partial charge in [0.2, 0.25) is 0 Å². The van der Waals surface area contributed by atoms with Gasteiger partial charge < -0.3 is 10.8 Å². The number of benzene rings is 1. The predicted octanol–water partition coefficient (Wildman–Crippen LogP) is 3.53. The van der Waals surface area contributed by atoms with Gasteiger partial charge in [-0.1, -0.05) is 38.4 Å². The fourth-order valence-corrected chi connectivity index (χ4v) is 2.00. The molecule has 3 N–H and O–H groups in total. The maximum Gasteiger partial charge on any atom is 0.303 e. The van der Waals surface area contributed by atoms with Gasteiger partial charge in [-0.05, 0) is 29.0 Å². The van der Waals surface area contributed by atoms with E-state index in [0.29, 0.717) is 10.7 Å². The third-order valence-corrected chi connectivity index (χ3v) is 3.19. The lowest BCUT2D eigenvalue weighted by Gasteiger charge is -2.30. The van der Waals surface area contributed by atoms with Gasteiger partial charge in [0, 0.05) is 0 Å². The molecule has 0 radical (unpaired) electrons. The molecule has 1 aromatic rings. The molecule has 1 aromatic carbocycles. The summed E-state index contributed by atoms with van der Waals surface area (Å²) < 4.78 is 0. The minimum absolute atomic E-state index is 0.0837. The lowest BCUT2D eigenvalue weighted by molar-refractivity contribution is -0.138. The average molecular weight is 256 g/mol. The summed E-state index contributed by atoms with van der Waals surface area (Å²) >= 11 is 5.86. The predicted molar refractivity (Wildman–Crippen MR) is 70.3 cm³/mol. The Morgan fingerprint density at radius 1 is 1.47 bits per heavy atom. The van der Waals surface area contributed by atoms with Crippen LogP contribution in [0.5, 0.6) is 0 Å². The molecule has 0 aliphatic rings. The third-order valence-electron chi connectivity index (χ3n) is 2.85. The zero-order valence-corrected chi connectivity index (χ0v) is 11.1. The molecule has 0 heterocycles. The minimum Gasteiger partial charge on any atom is -0.481 e. The van der Waals surface area contributed by atoms with Gasteiger partial charge in [-0.2, -0.15) is 0 Å². The maximum atomic E-state index is 10.9. The van der Waals surface area contributed by atoms with Crippen LogP contribution < -0.4 is 5.73 Å². The number of rotatable bonds is 3. The van der Waals surface area contributed by atoms with Crippen molar-refractivity contribution in [1.82, 2.24) is 0 Å². The van der Waals surface area contributed by atoms with Crippen LogP contribution in [0.25, 0.3) is 0 Å². The third kappa shape index (κ3) is 3.63. The van der Waals surface area contributed by atoms with E-state index in [2.05, 4.69) is 0 Å². The Balaban J connectivity index is 3.13. The first-order valence-electron chi connectivity index (χ1n) is 5.48. The number of hydrogen-bond acceptors (Lipinski definition) is 2. The maximum absolute atomic E-state index is 10.9. The molecule has 0 amide bonds. The molecule has 0 bridgehead atoms. The summed E-state index contributed by atoms with van der Waals surface area (Å²) in [5.74, 6) is -0.891. The van der Waals surface area contributed by atoms with Crippen LogP contribution in [0, 0.1) is 5.41 Å². The number of nitrogen functional groups attached to an aromatic ring is 1. The zero-order chi connectivity index (χ0) is 13.2. The first kappa shape index (κ1) is 13.8. The van der Waals surface area contributed by atoms with Gasteiger partial charge in [0.1, 0.15) is 0 Å². The Morgan fingerprint density at radius 2 is 2.06 bits per heavy atom. The molecule has 1 rings (SSSR count). The summed E-state index contributed by atoms with van der Waals surface area (Å²) in [4.78, 5) is 10.9. The normalized spacial score (nSPS) is 13.4. The number of anilines is 1. The summed E-state index contributed by atoms with van der Waals surface area (Å²) in [6.45, 7) is 6.06. The summed E-state index contributed by atoms with van der Waals surface area (Å²) in [7, 11) is 0. The van der Waals surface area contributed by atoms with Gasteiger partial charge >= 0.3 is 5.97 Å². The Kier molecular flexibility index (Phi) is 4.04. The van der Waals surface area contributed by atoms with E-state index in [1.807, 2.05) is 26.8 Å². The van der Waals surface area contributed by atoms with Crippen molar-refractivity contribution in [3.8, 4) is 0 Å². The van der Waals surface area contributed by atoms with E-state index >= 15 is 0 Å². The van der Waals surface area contributed by atoms with E-state index in [9.17, 15) is 4.79 Å². The molecule has 17 heavy (non-hydrogen) atoms. The largest absolute Gasteiger partial charge is 0.481 e. The van der Waals surface area contributed by atoms with Crippen molar-refractivity contribution in [2.75, 3.05) is 5.73 Å². The van der Waals surface area contributed by atoms with Crippen LogP contribution in [-0.4, -0.2) is 11.1 Å². The van der Waals surface area contributed by atoms with Crippen molar-refractivity contribution in [2.45, 2.75) is 33.1 Å². The molecule has 0 saturated heterocycles. The fraction of sp³-hybridized carbons (Fsp3) is 0.462. The smallest absolute Gasteiger partial charge is 0.303 e. The second-order valence-electron chi connectivity index (χ2n) is 5.30. The van der Waals surface area contributed by atoms with Crippen LogP contribution in [0.15, 0.2) is 18.2 Å². The lowest BCUT2D eigenvalue weighted by atomic mass is 9.74. The summed E-state index contributed by atoms with van der Waals surface area (Å²) in [6.07, 6.45) is 0.0879. The van der Waals surface area contributed by atoms with Crippen molar-refractivity contribution in [2.24, 2.45) is 5.41 Å². The Morgan fingerprint density at radius 3 is 2.47 bits per heavy atom. The van der Waals surface area contributed by atoms with Crippen molar-refractivity contribution < 1.29 is 9.90 Å². The Bertz CT molecular complexity index is 424. The molecular formula is C13H18ClNO2. The monoisotopic (exact) mass is 255 g/mol. The highest BCUT2D eigenvalue weighted by atomic mass is 35.5. The minimum atomic E-state index is -0.807. The molecule has 1 unspecified atom stereocenters. The number of carboxylic acid groups (broad SMARTS) is 1. The molecule has 0 aliphatic carbocycles. The molecule has 94 valence electrons. The molecule has 1 atom stereocenters. The van der Waals surface area contributed by atoms with Crippen LogP contribution in [0.4, 0.5) is 5.69 Å². The lowest BCUT2D eigenvalue weighted by Crippen LogP contribution is -2.21. The van der Waals surface area contributed by atoms with E-state index in [1.165, 1.54) is 0 Å². The van der Waals surface area contributed by atoms with Crippen LogP contribution in [0.1, 0.15) is 38.7 Å². The number of halogens is 1. The van der Waals surface area contributed by atoms with Crippen LogP contribution in [0.2, 0.25) is 5.02 Å². The van der Waals surface area contributed by atoms with Gasteiger partial charge in [0.15, 0.2) is 0 Å². The van der Waals surface area contributed by atoms with E-state index in [0.717, 1.165) is 5.56 Å². The van der Waals surface area contributed by atoms with Gasteiger partial charge in [-0.3, -0.25) is 4.79 Å². The number of carboxylic acids is 1.